The number of carbonyl (C=O) groups is 2. The number of carbonyl (C=O) groups excluding carboxylic acids is 2. The molecule has 2 aromatic rings. The van der Waals surface area contributed by atoms with Gasteiger partial charge in [-0.15, -0.1) is 0 Å². The summed E-state index contributed by atoms with van der Waals surface area (Å²) in [6.45, 7) is 6.54. The number of anilines is 1. The first-order chi connectivity index (χ1) is 14.7. The lowest BCUT2D eigenvalue weighted by Gasteiger charge is -2.14. The molecule has 1 aromatic heterocycles. The van der Waals surface area contributed by atoms with Crippen LogP contribution in [0.15, 0.2) is 39.6 Å². The number of nitrogens with zero attached hydrogens (tertiary/aromatic N) is 1. The van der Waals surface area contributed by atoms with Gasteiger partial charge in [0.1, 0.15) is 10.7 Å². The molecular formula is C22H29N3O5S. The van der Waals surface area contributed by atoms with Gasteiger partial charge in [0, 0.05) is 37.3 Å². The van der Waals surface area contributed by atoms with Crippen molar-refractivity contribution in [1.82, 2.24) is 9.62 Å². The van der Waals surface area contributed by atoms with Crippen molar-refractivity contribution >= 4 is 27.5 Å². The van der Waals surface area contributed by atoms with Crippen LogP contribution in [-0.4, -0.2) is 37.6 Å². The zero-order valence-corrected chi connectivity index (χ0v) is 18.9. The molecule has 0 bridgehead atoms. The Morgan fingerprint density at radius 3 is 2.58 bits per heavy atom. The van der Waals surface area contributed by atoms with Gasteiger partial charge in [-0.1, -0.05) is 26.0 Å². The molecule has 1 fully saturated rings. The first kappa shape index (κ1) is 23.0. The minimum absolute atomic E-state index is 0.0364. The number of hydrogen-bond acceptors (Lipinski definition) is 5. The van der Waals surface area contributed by atoms with Crippen molar-refractivity contribution in [3.8, 4) is 0 Å². The molecule has 2 N–H and O–H groups in total. The van der Waals surface area contributed by atoms with Gasteiger partial charge < -0.3 is 15.1 Å². The number of aryl methyl sites for hydroxylation is 1. The number of amides is 2. The van der Waals surface area contributed by atoms with Crippen molar-refractivity contribution in [2.24, 2.45) is 5.92 Å². The molecule has 0 spiro atoms. The molecule has 9 heteroatoms. The summed E-state index contributed by atoms with van der Waals surface area (Å²) in [5, 5.41) is 5.60. The zero-order valence-electron chi connectivity index (χ0n) is 18.1. The first-order valence-corrected chi connectivity index (χ1v) is 11.9. The van der Waals surface area contributed by atoms with Crippen molar-refractivity contribution in [2.75, 3.05) is 18.4 Å². The molecular weight excluding hydrogens is 418 g/mol. The summed E-state index contributed by atoms with van der Waals surface area (Å²) in [6, 6.07) is 8.50. The molecule has 1 atom stereocenters. The number of rotatable bonds is 8. The number of nitrogens with one attached hydrogen (secondary N) is 2. The highest BCUT2D eigenvalue weighted by Crippen LogP contribution is 2.26. The normalized spacial score (nSPS) is 15.6. The van der Waals surface area contributed by atoms with E-state index in [9.17, 15) is 18.0 Å². The van der Waals surface area contributed by atoms with E-state index in [2.05, 4.69) is 10.6 Å². The maximum absolute atomic E-state index is 12.8. The van der Waals surface area contributed by atoms with E-state index in [4.69, 9.17) is 4.42 Å². The smallest absolute Gasteiger partial charge is 0.287 e. The van der Waals surface area contributed by atoms with Gasteiger partial charge in [-0.3, -0.25) is 9.59 Å². The molecule has 31 heavy (non-hydrogen) atoms. The average Bonchev–Trinajstić information content (AvgIpc) is 3.42. The molecule has 0 saturated carbocycles. The third kappa shape index (κ3) is 5.34. The molecule has 1 unspecified atom stereocenters. The largest absolute Gasteiger partial charge is 0.455 e. The van der Waals surface area contributed by atoms with Gasteiger partial charge in [-0.25, -0.2) is 8.42 Å². The average molecular weight is 448 g/mol. The third-order valence-electron chi connectivity index (χ3n) is 5.49. The molecule has 1 aliphatic rings. The lowest BCUT2D eigenvalue weighted by atomic mass is 10.1. The van der Waals surface area contributed by atoms with Crippen LogP contribution >= 0.6 is 0 Å². The molecule has 0 radical (unpaired) electrons. The van der Waals surface area contributed by atoms with Crippen molar-refractivity contribution in [3.05, 3.63) is 47.4 Å². The molecule has 3 rings (SSSR count). The van der Waals surface area contributed by atoms with E-state index >= 15 is 0 Å². The second-order valence-corrected chi connectivity index (χ2v) is 9.73. The molecule has 1 aliphatic heterocycles. The fraction of sp³-hybridized carbons (Fsp3) is 0.455. The SMILES string of the molecule is CCC(C)C(=O)Nc1cccc(CNC(=O)c2cc(S(=O)(=O)N3CCCC3)c(C)o2)c1. The van der Waals surface area contributed by atoms with Crippen LogP contribution in [0.5, 0.6) is 0 Å². The summed E-state index contributed by atoms with van der Waals surface area (Å²) in [5.74, 6) is -0.485. The standard InChI is InChI=1S/C22H29N3O5S/c1-4-15(2)21(26)24-18-9-7-8-17(12-18)14-23-22(27)19-13-20(16(3)30-19)31(28,29)25-10-5-6-11-25/h7-9,12-13,15H,4-6,10-11,14H2,1-3H3,(H,23,27)(H,24,26). The molecule has 1 saturated heterocycles. The molecule has 2 amide bonds. The number of hydrogen-bond donors (Lipinski definition) is 2. The van der Waals surface area contributed by atoms with Crippen LogP contribution in [0.4, 0.5) is 5.69 Å². The summed E-state index contributed by atoms with van der Waals surface area (Å²) < 4.78 is 32.4. The molecule has 1 aromatic carbocycles. The fourth-order valence-electron chi connectivity index (χ4n) is 3.38. The van der Waals surface area contributed by atoms with E-state index in [0.29, 0.717) is 18.8 Å². The van der Waals surface area contributed by atoms with Crippen molar-refractivity contribution < 1.29 is 22.4 Å². The third-order valence-corrected chi connectivity index (χ3v) is 7.49. The quantitative estimate of drug-likeness (QED) is 0.645. The number of furan rings is 1. The summed E-state index contributed by atoms with van der Waals surface area (Å²) >= 11 is 0. The monoisotopic (exact) mass is 447 g/mol. The van der Waals surface area contributed by atoms with Gasteiger partial charge >= 0.3 is 0 Å². The Labute approximate surface area is 183 Å². The Balaban J connectivity index is 1.65. The summed E-state index contributed by atoms with van der Waals surface area (Å²) in [6.07, 6.45) is 2.42. The Morgan fingerprint density at radius 1 is 1.19 bits per heavy atom. The van der Waals surface area contributed by atoms with E-state index in [-0.39, 0.29) is 34.8 Å². The summed E-state index contributed by atoms with van der Waals surface area (Å²) in [7, 11) is -3.66. The Kier molecular flexibility index (Phi) is 7.17. The fourth-order valence-corrected chi connectivity index (χ4v) is 5.06. The van der Waals surface area contributed by atoms with Gasteiger partial charge in [0.2, 0.25) is 15.9 Å². The highest BCUT2D eigenvalue weighted by atomic mass is 32.2. The Morgan fingerprint density at radius 2 is 1.90 bits per heavy atom. The first-order valence-electron chi connectivity index (χ1n) is 10.5. The minimum Gasteiger partial charge on any atom is -0.455 e. The molecule has 0 aliphatic carbocycles. The topological polar surface area (TPSA) is 109 Å². The van der Waals surface area contributed by atoms with E-state index in [0.717, 1.165) is 24.8 Å². The van der Waals surface area contributed by atoms with Crippen molar-refractivity contribution in [1.29, 1.82) is 0 Å². The van der Waals surface area contributed by atoms with Crippen LogP contribution in [0.25, 0.3) is 0 Å². The highest BCUT2D eigenvalue weighted by Gasteiger charge is 2.31. The summed E-state index contributed by atoms with van der Waals surface area (Å²) in [5.41, 5.74) is 1.45. The van der Waals surface area contributed by atoms with E-state index < -0.39 is 15.9 Å². The van der Waals surface area contributed by atoms with Crippen LogP contribution in [0.2, 0.25) is 0 Å². The number of benzene rings is 1. The lowest BCUT2D eigenvalue weighted by Crippen LogP contribution is -2.28. The van der Waals surface area contributed by atoms with Crippen LogP contribution in [0.3, 0.4) is 0 Å². The van der Waals surface area contributed by atoms with Gasteiger partial charge in [0.15, 0.2) is 5.76 Å². The predicted octanol–water partition coefficient (Wildman–Crippen LogP) is 3.29. The Hall–Kier alpha value is -2.65. The maximum Gasteiger partial charge on any atom is 0.287 e. The molecule has 2 heterocycles. The van der Waals surface area contributed by atoms with Crippen molar-refractivity contribution in [2.45, 2.75) is 51.5 Å². The van der Waals surface area contributed by atoms with E-state index in [1.807, 2.05) is 19.9 Å². The second kappa shape index (κ2) is 9.65. The van der Waals surface area contributed by atoms with Crippen LogP contribution in [-0.2, 0) is 21.4 Å². The Bertz CT molecular complexity index is 1050. The van der Waals surface area contributed by atoms with Crippen LogP contribution in [0.1, 0.15) is 55.0 Å². The van der Waals surface area contributed by atoms with Gasteiger partial charge in [-0.2, -0.15) is 4.31 Å². The van der Waals surface area contributed by atoms with E-state index in [1.165, 1.54) is 10.4 Å². The minimum atomic E-state index is -3.66. The summed E-state index contributed by atoms with van der Waals surface area (Å²) in [4.78, 5) is 24.6. The van der Waals surface area contributed by atoms with Gasteiger partial charge in [0.05, 0.1) is 0 Å². The predicted molar refractivity (Wildman–Crippen MR) is 117 cm³/mol. The van der Waals surface area contributed by atoms with Crippen LogP contribution in [0, 0.1) is 12.8 Å². The van der Waals surface area contributed by atoms with Gasteiger partial charge in [0.25, 0.3) is 5.91 Å². The number of sulfonamides is 1. The van der Waals surface area contributed by atoms with Crippen LogP contribution < -0.4 is 10.6 Å². The molecule has 168 valence electrons. The molecule has 8 nitrogen and oxygen atoms in total. The van der Waals surface area contributed by atoms with Gasteiger partial charge in [-0.05, 0) is 43.9 Å². The van der Waals surface area contributed by atoms with E-state index in [1.54, 1.807) is 25.1 Å². The second-order valence-electron chi connectivity index (χ2n) is 7.82. The van der Waals surface area contributed by atoms with Crippen molar-refractivity contribution in [3.63, 3.8) is 0 Å². The maximum atomic E-state index is 12.8. The zero-order chi connectivity index (χ0) is 22.6. The lowest BCUT2D eigenvalue weighted by molar-refractivity contribution is -0.119. The highest BCUT2D eigenvalue weighted by molar-refractivity contribution is 7.89.